The number of hydrogen-bond donors (Lipinski definition) is 3. The smallest absolute Gasteiger partial charge is 0.303 e. The SMILES string of the molecule is C=C(CCC(=O)O)Nc1ccsc1C(N)=O. The Morgan fingerprint density at radius 2 is 2.19 bits per heavy atom. The molecule has 0 bridgehead atoms. The molecule has 0 fully saturated rings. The summed E-state index contributed by atoms with van der Waals surface area (Å²) < 4.78 is 0. The van der Waals surface area contributed by atoms with E-state index in [-0.39, 0.29) is 6.42 Å². The number of allylic oxidation sites excluding steroid dienone is 1. The van der Waals surface area contributed by atoms with E-state index in [1.54, 1.807) is 11.4 Å². The van der Waals surface area contributed by atoms with Gasteiger partial charge in [0.1, 0.15) is 4.88 Å². The number of amides is 1. The molecule has 5 nitrogen and oxygen atoms in total. The number of carboxylic acid groups (broad SMARTS) is 1. The topological polar surface area (TPSA) is 92.4 Å². The van der Waals surface area contributed by atoms with Gasteiger partial charge in [0, 0.05) is 5.70 Å². The molecule has 1 aromatic rings. The van der Waals surface area contributed by atoms with E-state index in [4.69, 9.17) is 10.8 Å². The molecule has 0 aliphatic heterocycles. The second-order valence-electron chi connectivity index (χ2n) is 3.15. The van der Waals surface area contributed by atoms with Crippen molar-refractivity contribution in [3.8, 4) is 0 Å². The van der Waals surface area contributed by atoms with Gasteiger partial charge in [0.2, 0.25) is 0 Å². The van der Waals surface area contributed by atoms with Crippen LogP contribution in [0.25, 0.3) is 0 Å². The van der Waals surface area contributed by atoms with E-state index in [0.29, 0.717) is 22.7 Å². The van der Waals surface area contributed by atoms with E-state index in [1.165, 1.54) is 11.3 Å². The van der Waals surface area contributed by atoms with Crippen molar-refractivity contribution in [2.75, 3.05) is 5.32 Å². The largest absolute Gasteiger partial charge is 0.481 e. The molecule has 0 saturated carbocycles. The molecule has 86 valence electrons. The van der Waals surface area contributed by atoms with Crippen molar-refractivity contribution < 1.29 is 14.7 Å². The van der Waals surface area contributed by atoms with Gasteiger partial charge in [-0.15, -0.1) is 11.3 Å². The van der Waals surface area contributed by atoms with Crippen LogP contribution in [0.2, 0.25) is 0 Å². The summed E-state index contributed by atoms with van der Waals surface area (Å²) in [7, 11) is 0. The monoisotopic (exact) mass is 240 g/mol. The zero-order chi connectivity index (χ0) is 12.1. The van der Waals surface area contributed by atoms with E-state index in [9.17, 15) is 9.59 Å². The van der Waals surface area contributed by atoms with Crippen LogP contribution in [-0.2, 0) is 4.79 Å². The van der Waals surface area contributed by atoms with Crippen LogP contribution in [0, 0.1) is 0 Å². The first-order valence-corrected chi connectivity index (χ1v) is 5.42. The molecule has 1 rings (SSSR count). The Kier molecular flexibility index (Phi) is 4.07. The lowest BCUT2D eigenvalue weighted by Gasteiger charge is -2.07. The average Bonchev–Trinajstić information content (AvgIpc) is 2.62. The van der Waals surface area contributed by atoms with Gasteiger partial charge < -0.3 is 16.2 Å². The minimum Gasteiger partial charge on any atom is -0.481 e. The zero-order valence-electron chi connectivity index (χ0n) is 8.53. The minimum atomic E-state index is -0.886. The molecular weight excluding hydrogens is 228 g/mol. The molecule has 1 amide bonds. The summed E-state index contributed by atoms with van der Waals surface area (Å²) in [5.41, 5.74) is 6.29. The number of carboxylic acids is 1. The Balaban J connectivity index is 2.59. The molecule has 0 radical (unpaired) electrons. The van der Waals surface area contributed by atoms with Gasteiger partial charge in [-0.25, -0.2) is 0 Å². The highest BCUT2D eigenvalue weighted by molar-refractivity contribution is 7.12. The number of nitrogens with two attached hydrogens (primary N) is 1. The standard InChI is InChI=1S/C10H12N2O3S/c1-6(2-3-8(13)14)12-7-4-5-16-9(7)10(11)15/h4-5,12H,1-3H2,(H2,11,15)(H,13,14). The summed E-state index contributed by atoms with van der Waals surface area (Å²) >= 11 is 1.23. The highest BCUT2D eigenvalue weighted by Crippen LogP contribution is 2.23. The van der Waals surface area contributed by atoms with E-state index in [0.717, 1.165) is 0 Å². The van der Waals surface area contributed by atoms with Crippen LogP contribution in [0.1, 0.15) is 22.5 Å². The normalized spacial score (nSPS) is 9.75. The number of aliphatic carboxylic acids is 1. The maximum Gasteiger partial charge on any atom is 0.303 e. The average molecular weight is 240 g/mol. The van der Waals surface area contributed by atoms with Crippen molar-refractivity contribution in [3.05, 3.63) is 28.6 Å². The van der Waals surface area contributed by atoms with Crippen molar-refractivity contribution in [2.45, 2.75) is 12.8 Å². The van der Waals surface area contributed by atoms with Crippen LogP contribution in [0.3, 0.4) is 0 Å². The fourth-order valence-corrected chi connectivity index (χ4v) is 1.81. The van der Waals surface area contributed by atoms with Crippen molar-refractivity contribution in [1.82, 2.24) is 0 Å². The van der Waals surface area contributed by atoms with E-state index in [1.807, 2.05) is 0 Å². The second-order valence-corrected chi connectivity index (χ2v) is 4.07. The first-order valence-electron chi connectivity index (χ1n) is 4.54. The molecule has 1 heterocycles. The molecule has 0 aliphatic carbocycles. The predicted molar refractivity (Wildman–Crippen MR) is 62.5 cm³/mol. The van der Waals surface area contributed by atoms with Crippen molar-refractivity contribution in [2.24, 2.45) is 5.73 Å². The van der Waals surface area contributed by atoms with Crippen LogP contribution in [0.5, 0.6) is 0 Å². The Morgan fingerprint density at radius 3 is 2.75 bits per heavy atom. The maximum absolute atomic E-state index is 11.0. The molecule has 1 aromatic heterocycles. The first-order chi connectivity index (χ1) is 7.50. The maximum atomic E-state index is 11.0. The van der Waals surface area contributed by atoms with E-state index >= 15 is 0 Å². The fourth-order valence-electron chi connectivity index (χ4n) is 1.11. The van der Waals surface area contributed by atoms with Gasteiger partial charge in [-0.05, 0) is 17.9 Å². The molecule has 16 heavy (non-hydrogen) atoms. The van der Waals surface area contributed by atoms with Crippen molar-refractivity contribution >= 4 is 28.9 Å². The lowest BCUT2D eigenvalue weighted by molar-refractivity contribution is -0.136. The van der Waals surface area contributed by atoms with E-state index in [2.05, 4.69) is 11.9 Å². The highest BCUT2D eigenvalue weighted by atomic mass is 32.1. The number of thiophene rings is 1. The fraction of sp³-hybridized carbons (Fsp3) is 0.200. The molecule has 4 N–H and O–H groups in total. The number of nitrogens with one attached hydrogen (secondary N) is 1. The number of carbonyl (C=O) groups is 2. The molecule has 0 aliphatic rings. The first kappa shape index (κ1) is 12.3. The molecular formula is C10H12N2O3S. The second kappa shape index (κ2) is 5.32. The lowest BCUT2D eigenvalue weighted by atomic mass is 10.2. The van der Waals surface area contributed by atoms with E-state index < -0.39 is 11.9 Å². The van der Waals surface area contributed by atoms with Crippen molar-refractivity contribution in [3.63, 3.8) is 0 Å². The Labute approximate surface area is 96.6 Å². The van der Waals surface area contributed by atoms with Crippen molar-refractivity contribution in [1.29, 1.82) is 0 Å². The van der Waals surface area contributed by atoms with Crippen LogP contribution >= 0.6 is 11.3 Å². The van der Waals surface area contributed by atoms with Crippen LogP contribution in [0.15, 0.2) is 23.7 Å². The van der Waals surface area contributed by atoms with Gasteiger partial charge in [-0.1, -0.05) is 6.58 Å². The summed E-state index contributed by atoms with van der Waals surface area (Å²) in [6.07, 6.45) is 0.311. The zero-order valence-corrected chi connectivity index (χ0v) is 9.34. The summed E-state index contributed by atoms with van der Waals surface area (Å²) in [6, 6.07) is 1.71. The quantitative estimate of drug-likeness (QED) is 0.704. The van der Waals surface area contributed by atoms with Gasteiger partial charge in [0.15, 0.2) is 0 Å². The Bertz CT molecular complexity index is 425. The summed E-state index contributed by atoms with van der Waals surface area (Å²) in [6.45, 7) is 3.68. The number of primary amides is 1. The number of hydrogen-bond acceptors (Lipinski definition) is 4. The van der Waals surface area contributed by atoms with Gasteiger partial charge in [0.25, 0.3) is 5.91 Å². The molecule has 6 heteroatoms. The summed E-state index contributed by atoms with van der Waals surface area (Å²) in [5, 5.41) is 13.1. The highest BCUT2D eigenvalue weighted by Gasteiger charge is 2.10. The Hall–Kier alpha value is -1.82. The number of carbonyl (C=O) groups excluding carboxylic acids is 1. The van der Waals surface area contributed by atoms with Gasteiger partial charge in [-0.3, -0.25) is 9.59 Å². The Morgan fingerprint density at radius 1 is 1.50 bits per heavy atom. The molecule has 0 unspecified atom stereocenters. The third kappa shape index (κ3) is 3.39. The van der Waals surface area contributed by atoms with Gasteiger partial charge >= 0.3 is 5.97 Å². The molecule has 0 atom stereocenters. The van der Waals surface area contributed by atoms with Crippen LogP contribution < -0.4 is 11.1 Å². The minimum absolute atomic E-state index is 0.00186. The predicted octanol–water partition coefficient (Wildman–Crippen LogP) is 1.64. The molecule has 0 aromatic carbocycles. The molecule has 0 saturated heterocycles. The third-order valence-electron chi connectivity index (χ3n) is 1.84. The van der Waals surface area contributed by atoms with Crippen LogP contribution in [-0.4, -0.2) is 17.0 Å². The lowest BCUT2D eigenvalue weighted by Crippen LogP contribution is -2.12. The third-order valence-corrected chi connectivity index (χ3v) is 2.77. The molecule has 0 spiro atoms. The van der Waals surface area contributed by atoms with Crippen LogP contribution in [0.4, 0.5) is 5.69 Å². The summed E-state index contributed by atoms with van der Waals surface area (Å²) in [5.74, 6) is -1.40. The number of rotatable bonds is 6. The number of anilines is 1. The summed E-state index contributed by atoms with van der Waals surface area (Å²) in [4.78, 5) is 21.8. The van der Waals surface area contributed by atoms with Gasteiger partial charge in [0.05, 0.1) is 12.1 Å². The van der Waals surface area contributed by atoms with Gasteiger partial charge in [-0.2, -0.15) is 0 Å².